The van der Waals surface area contributed by atoms with Crippen LogP contribution in [0, 0.1) is 0 Å². The van der Waals surface area contributed by atoms with Gasteiger partial charge in [-0.1, -0.05) is 75.8 Å². The van der Waals surface area contributed by atoms with E-state index in [4.69, 9.17) is 4.74 Å². The molecule has 2 N–H and O–H groups in total. The Morgan fingerprint density at radius 1 is 1.12 bits per heavy atom. The van der Waals surface area contributed by atoms with Gasteiger partial charge >= 0.3 is 11.9 Å². The van der Waals surface area contributed by atoms with Crippen molar-refractivity contribution >= 4 is 29.6 Å². The number of unbranched alkanes of at least 4 members (excludes halogenated alkanes) is 5. The normalized spacial score (nSPS) is 19.7. The lowest BCUT2D eigenvalue weighted by atomic mass is 10.0. The number of amides is 1. The summed E-state index contributed by atoms with van der Waals surface area (Å²) in [7, 11) is 0. The maximum Gasteiger partial charge on any atom is 0.323 e. The molecule has 0 spiro atoms. The molecule has 0 radical (unpaired) electrons. The van der Waals surface area contributed by atoms with Gasteiger partial charge in [0.1, 0.15) is 12.6 Å². The van der Waals surface area contributed by atoms with Gasteiger partial charge in [0, 0.05) is 11.5 Å². The van der Waals surface area contributed by atoms with Crippen LogP contribution in [0.25, 0.3) is 0 Å². The van der Waals surface area contributed by atoms with Crippen molar-refractivity contribution in [2.24, 2.45) is 0 Å². The van der Waals surface area contributed by atoms with Crippen LogP contribution in [0.1, 0.15) is 70.4 Å². The number of carbonyl (C=O) groups excluding carboxylic acids is 2. The van der Waals surface area contributed by atoms with Gasteiger partial charge in [-0.3, -0.25) is 19.7 Å². The summed E-state index contributed by atoms with van der Waals surface area (Å²) in [6, 6.07) is 7.97. The highest BCUT2D eigenvalue weighted by Gasteiger charge is 2.37. The first-order valence-corrected chi connectivity index (χ1v) is 13.2. The number of aliphatic carboxylic acids is 1. The average Bonchev–Trinajstić information content (AvgIpc) is 2.95. The fourth-order valence-corrected chi connectivity index (χ4v) is 5.31. The molecule has 1 aromatic carbocycles. The van der Waals surface area contributed by atoms with E-state index >= 15 is 0 Å². The quantitative estimate of drug-likeness (QED) is 0.308. The van der Waals surface area contributed by atoms with E-state index in [0.29, 0.717) is 17.9 Å². The number of ether oxygens (including phenoxy) is 1. The van der Waals surface area contributed by atoms with Crippen LogP contribution in [0.15, 0.2) is 30.3 Å². The molecule has 1 saturated heterocycles. The van der Waals surface area contributed by atoms with Crippen molar-refractivity contribution in [3.63, 3.8) is 0 Å². The molecule has 1 aliphatic rings. The highest BCUT2D eigenvalue weighted by molar-refractivity contribution is 7.99. The molecule has 0 bridgehead atoms. The standard InChI is InChI=1S/C25H38N2O5S/c1-3-5-6-7-8-12-15-20(25(31)32-4-2)26-21-17-33-18-22(19-13-10-9-11-14-19)27(24(21)30)16-23(28)29/h9-11,13-14,20-22,26H,3-8,12,15-18H2,1-2H3,(H,28,29). The molecule has 3 unspecified atom stereocenters. The van der Waals surface area contributed by atoms with Gasteiger partial charge in [-0.15, -0.1) is 0 Å². The Bertz CT molecular complexity index is 746. The van der Waals surface area contributed by atoms with Crippen LogP contribution in [0.4, 0.5) is 0 Å². The number of carbonyl (C=O) groups is 3. The molecule has 0 aliphatic carbocycles. The SMILES string of the molecule is CCCCCCCCC(NC1CSCC(c2ccccc2)N(CC(=O)O)C1=O)C(=O)OCC. The molecule has 33 heavy (non-hydrogen) atoms. The van der Waals surface area contributed by atoms with Crippen molar-refractivity contribution in [2.45, 2.75) is 76.9 Å². The number of nitrogens with zero attached hydrogens (tertiary/aromatic N) is 1. The third-order valence-corrected chi connectivity index (χ3v) is 6.95. The van der Waals surface area contributed by atoms with Crippen molar-refractivity contribution in [2.75, 3.05) is 24.7 Å². The predicted octanol–water partition coefficient (Wildman–Crippen LogP) is 4.03. The molecule has 1 heterocycles. The lowest BCUT2D eigenvalue weighted by Gasteiger charge is -2.31. The van der Waals surface area contributed by atoms with Gasteiger partial charge in [-0.05, 0) is 18.9 Å². The van der Waals surface area contributed by atoms with Crippen LogP contribution >= 0.6 is 11.8 Å². The second-order valence-electron chi connectivity index (χ2n) is 8.40. The predicted molar refractivity (Wildman–Crippen MR) is 131 cm³/mol. The number of esters is 1. The van der Waals surface area contributed by atoms with E-state index in [-0.39, 0.29) is 31.1 Å². The van der Waals surface area contributed by atoms with Crippen LogP contribution in [-0.4, -0.2) is 64.6 Å². The van der Waals surface area contributed by atoms with Gasteiger partial charge in [0.2, 0.25) is 5.91 Å². The van der Waals surface area contributed by atoms with Crippen molar-refractivity contribution in [3.8, 4) is 0 Å². The number of thioether (sulfide) groups is 1. The number of carboxylic acids is 1. The van der Waals surface area contributed by atoms with Crippen molar-refractivity contribution in [3.05, 3.63) is 35.9 Å². The van der Waals surface area contributed by atoms with Gasteiger partial charge in [0.15, 0.2) is 0 Å². The first-order valence-electron chi connectivity index (χ1n) is 12.1. The van der Waals surface area contributed by atoms with Crippen molar-refractivity contribution < 1.29 is 24.2 Å². The van der Waals surface area contributed by atoms with E-state index in [1.54, 1.807) is 18.7 Å². The minimum absolute atomic E-state index is 0.280. The number of benzene rings is 1. The third-order valence-electron chi connectivity index (χ3n) is 5.83. The summed E-state index contributed by atoms with van der Waals surface area (Å²) in [6.45, 7) is 3.85. The Kier molecular flexibility index (Phi) is 12.3. The average molecular weight is 479 g/mol. The minimum atomic E-state index is -1.05. The molecule has 1 amide bonds. The second kappa shape index (κ2) is 15.0. The number of nitrogens with one attached hydrogen (secondary N) is 1. The van der Waals surface area contributed by atoms with E-state index in [1.807, 2.05) is 30.3 Å². The third kappa shape index (κ3) is 9.01. The van der Waals surface area contributed by atoms with Gasteiger partial charge in [-0.25, -0.2) is 0 Å². The Hall–Kier alpha value is -2.06. The van der Waals surface area contributed by atoms with E-state index in [1.165, 1.54) is 24.2 Å². The Labute approximate surface area is 201 Å². The topological polar surface area (TPSA) is 95.9 Å². The summed E-state index contributed by atoms with van der Waals surface area (Å²) < 4.78 is 5.26. The highest BCUT2D eigenvalue weighted by Crippen LogP contribution is 2.29. The Morgan fingerprint density at radius 3 is 2.48 bits per heavy atom. The van der Waals surface area contributed by atoms with Crippen molar-refractivity contribution in [1.82, 2.24) is 10.2 Å². The lowest BCUT2D eigenvalue weighted by molar-refractivity contribution is -0.149. The molecule has 0 aromatic heterocycles. The summed E-state index contributed by atoms with van der Waals surface area (Å²) >= 11 is 1.60. The van der Waals surface area contributed by atoms with Crippen LogP contribution in [0.5, 0.6) is 0 Å². The zero-order valence-corrected chi connectivity index (χ0v) is 20.6. The van der Waals surface area contributed by atoms with Crippen LogP contribution in [0.2, 0.25) is 0 Å². The van der Waals surface area contributed by atoms with Gasteiger partial charge in [0.05, 0.1) is 18.7 Å². The zero-order valence-electron chi connectivity index (χ0n) is 19.8. The Morgan fingerprint density at radius 2 is 1.82 bits per heavy atom. The van der Waals surface area contributed by atoms with Gasteiger partial charge in [-0.2, -0.15) is 11.8 Å². The van der Waals surface area contributed by atoms with E-state index in [2.05, 4.69) is 12.2 Å². The molecule has 0 saturated carbocycles. The zero-order chi connectivity index (χ0) is 24.1. The van der Waals surface area contributed by atoms with Crippen LogP contribution < -0.4 is 5.32 Å². The second-order valence-corrected chi connectivity index (χ2v) is 9.48. The number of hydrogen-bond donors (Lipinski definition) is 2. The largest absolute Gasteiger partial charge is 0.480 e. The fourth-order valence-electron chi connectivity index (χ4n) is 4.10. The number of carboxylic acid groups (broad SMARTS) is 1. The van der Waals surface area contributed by atoms with Gasteiger partial charge in [0.25, 0.3) is 0 Å². The van der Waals surface area contributed by atoms with Crippen molar-refractivity contribution in [1.29, 1.82) is 0 Å². The summed E-state index contributed by atoms with van der Waals surface area (Å²) in [4.78, 5) is 39.1. The molecule has 1 aromatic rings. The summed E-state index contributed by atoms with van der Waals surface area (Å²) in [5.74, 6) is -0.608. The van der Waals surface area contributed by atoms with E-state index in [9.17, 15) is 19.5 Å². The molecule has 8 heteroatoms. The first-order chi connectivity index (χ1) is 16.0. The van der Waals surface area contributed by atoms with Crippen LogP contribution in [-0.2, 0) is 19.1 Å². The molecular formula is C25H38N2O5S. The molecule has 1 fully saturated rings. The summed E-state index contributed by atoms with van der Waals surface area (Å²) in [6.07, 6.45) is 7.23. The van der Waals surface area contributed by atoms with E-state index < -0.39 is 18.1 Å². The fraction of sp³-hybridized carbons (Fsp3) is 0.640. The number of hydrogen-bond acceptors (Lipinski definition) is 6. The monoisotopic (exact) mass is 478 g/mol. The molecule has 184 valence electrons. The molecular weight excluding hydrogens is 440 g/mol. The lowest BCUT2D eigenvalue weighted by Crippen LogP contribution is -2.54. The number of rotatable bonds is 14. The summed E-state index contributed by atoms with van der Waals surface area (Å²) in [5.41, 5.74) is 0.911. The minimum Gasteiger partial charge on any atom is -0.480 e. The first kappa shape index (κ1) is 27.2. The summed E-state index contributed by atoms with van der Waals surface area (Å²) in [5, 5.41) is 12.7. The molecule has 3 atom stereocenters. The maximum absolute atomic E-state index is 13.5. The van der Waals surface area contributed by atoms with Gasteiger partial charge < -0.3 is 14.7 Å². The smallest absolute Gasteiger partial charge is 0.323 e. The van der Waals surface area contributed by atoms with E-state index in [0.717, 1.165) is 24.8 Å². The molecule has 1 aliphatic heterocycles. The highest BCUT2D eigenvalue weighted by atomic mass is 32.2. The molecule has 2 rings (SSSR count). The Balaban J connectivity index is 2.11. The molecule has 7 nitrogen and oxygen atoms in total. The maximum atomic E-state index is 13.5. The van der Waals surface area contributed by atoms with Crippen LogP contribution in [0.3, 0.4) is 0 Å².